The van der Waals surface area contributed by atoms with E-state index in [0.717, 1.165) is 12.8 Å². The Morgan fingerprint density at radius 2 is 1.78 bits per heavy atom. The smallest absolute Gasteiger partial charge is 0.311 e. The monoisotopic (exact) mass is 256 g/mol. The minimum Gasteiger partial charge on any atom is -0.462 e. The van der Waals surface area contributed by atoms with E-state index in [1.54, 1.807) is 6.92 Å². The number of ether oxygens (including phenoxy) is 1. The lowest BCUT2D eigenvalue weighted by atomic mass is 9.93. The van der Waals surface area contributed by atoms with E-state index in [2.05, 4.69) is 6.92 Å². The number of esters is 1. The molecule has 3 nitrogen and oxygen atoms in total. The van der Waals surface area contributed by atoms with Gasteiger partial charge >= 0.3 is 5.97 Å². The minimum atomic E-state index is -0.513. The number of carbonyl (C=O) groups excluding carboxylic acids is 1. The van der Waals surface area contributed by atoms with Gasteiger partial charge in [-0.15, -0.1) is 0 Å². The second-order valence-electron chi connectivity index (χ2n) is 5.56. The minimum absolute atomic E-state index is 0.0562. The molecule has 0 aromatic carbocycles. The fourth-order valence-electron chi connectivity index (χ4n) is 2.46. The van der Waals surface area contributed by atoms with E-state index in [1.807, 2.05) is 0 Å². The number of aliphatic hydroxyl groups is 1. The van der Waals surface area contributed by atoms with E-state index < -0.39 is 6.10 Å². The van der Waals surface area contributed by atoms with Gasteiger partial charge in [-0.1, -0.05) is 45.4 Å². The van der Waals surface area contributed by atoms with Gasteiger partial charge in [-0.2, -0.15) is 0 Å². The fourth-order valence-corrected chi connectivity index (χ4v) is 2.46. The summed E-state index contributed by atoms with van der Waals surface area (Å²) in [5.41, 5.74) is 0. The van der Waals surface area contributed by atoms with E-state index in [1.165, 1.54) is 38.5 Å². The molecule has 0 unspecified atom stereocenters. The summed E-state index contributed by atoms with van der Waals surface area (Å²) in [6.45, 7) is 3.96. The molecule has 0 bridgehead atoms. The molecule has 3 atom stereocenters. The molecule has 106 valence electrons. The zero-order valence-electron chi connectivity index (χ0n) is 11.9. The van der Waals surface area contributed by atoms with Gasteiger partial charge in [0.05, 0.1) is 12.0 Å². The molecule has 1 rings (SSSR count). The van der Waals surface area contributed by atoms with E-state index in [9.17, 15) is 9.90 Å². The highest BCUT2D eigenvalue weighted by Gasteiger charge is 2.33. The van der Waals surface area contributed by atoms with Crippen molar-refractivity contribution in [2.75, 3.05) is 0 Å². The number of rotatable bonds is 8. The van der Waals surface area contributed by atoms with Crippen molar-refractivity contribution in [3.63, 3.8) is 0 Å². The van der Waals surface area contributed by atoms with Gasteiger partial charge in [0.2, 0.25) is 0 Å². The van der Waals surface area contributed by atoms with E-state index in [0.29, 0.717) is 6.42 Å². The van der Waals surface area contributed by atoms with Crippen LogP contribution in [-0.4, -0.2) is 23.3 Å². The van der Waals surface area contributed by atoms with E-state index >= 15 is 0 Å². The van der Waals surface area contributed by atoms with Crippen LogP contribution in [0.3, 0.4) is 0 Å². The van der Waals surface area contributed by atoms with Gasteiger partial charge in [-0.25, -0.2) is 0 Å². The predicted molar refractivity (Wildman–Crippen MR) is 72.3 cm³/mol. The second-order valence-corrected chi connectivity index (χ2v) is 5.56. The molecular formula is C15H28O3. The molecule has 1 fully saturated rings. The van der Waals surface area contributed by atoms with Gasteiger partial charge in [-0.3, -0.25) is 4.79 Å². The number of carbonyl (C=O) groups is 1. The molecule has 1 aliphatic rings. The van der Waals surface area contributed by atoms with Crippen LogP contribution < -0.4 is 0 Å². The number of hydrogen-bond donors (Lipinski definition) is 1. The highest BCUT2D eigenvalue weighted by atomic mass is 16.5. The van der Waals surface area contributed by atoms with Crippen molar-refractivity contribution in [1.82, 2.24) is 0 Å². The molecule has 1 aliphatic heterocycles. The Balaban J connectivity index is 2.04. The van der Waals surface area contributed by atoms with Crippen LogP contribution in [0.5, 0.6) is 0 Å². The van der Waals surface area contributed by atoms with Crippen LogP contribution in [0.15, 0.2) is 0 Å². The molecule has 3 heteroatoms. The first-order valence-electron chi connectivity index (χ1n) is 7.53. The SMILES string of the molecule is CCCCCCCCC[C@H]1C[C@@H](O)[C@H](C)C(=O)O1. The maximum absolute atomic E-state index is 11.4. The van der Waals surface area contributed by atoms with Crippen molar-refractivity contribution in [3.05, 3.63) is 0 Å². The summed E-state index contributed by atoms with van der Waals surface area (Å²) >= 11 is 0. The highest BCUT2D eigenvalue weighted by molar-refractivity contribution is 5.73. The molecule has 0 aromatic rings. The first-order chi connectivity index (χ1) is 8.65. The molecule has 1 heterocycles. The van der Waals surface area contributed by atoms with Gasteiger partial charge in [0.25, 0.3) is 0 Å². The van der Waals surface area contributed by atoms with Gasteiger partial charge in [0, 0.05) is 6.42 Å². The Morgan fingerprint density at radius 1 is 1.17 bits per heavy atom. The summed E-state index contributed by atoms with van der Waals surface area (Å²) in [7, 11) is 0. The largest absolute Gasteiger partial charge is 0.462 e. The molecule has 0 saturated carbocycles. The number of hydrogen-bond acceptors (Lipinski definition) is 3. The third kappa shape index (κ3) is 5.38. The van der Waals surface area contributed by atoms with Crippen LogP contribution in [0, 0.1) is 5.92 Å². The van der Waals surface area contributed by atoms with Crippen molar-refractivity contribution in [3.8, 4) is 0 Å². The van der Waals surface area contributed by atoms with Gasteiger partial charge in [0.15, 0.2) is 0 Å². The van der Waals surface area contributed by atoms with Crippen molar-refractivity contribution in [2.24, 2.45) is 5.92 Å². The van der Waals surface area contributed by atoms with Gasteiger partial charge < -0.3 is 9.84 Å². The van der Waals surface area contributed by atoms with Gasteiger partial charge in [-0.05, 0) is 19.8 Å². The molecule has 0 aliphatic carbocycles. The average Bonchev–Trinajstić information content (AvgIpc) is 2.34. The Morgan fingerprint density at radius 3 is 2.39 bits per heavy atom. The van der Waals surface area contributed by atoms with E-state index in [-0.39, 0.29) is 18.0 Å². The molecule has 0 amide bonds. The lowest BCUT2D eigenvalue weighted by Gasteiger charge is -2.30. The third-order valence-corrected chi connectivity index (χ3v) is 3.87. The summed E-state index contributed by atoms with van der Waals surface area (Å²) < 4.78 is 5.32. The lowest BCUT2D eigenvalue weighted by molar-refractivity contribution is -0.169. The summed E-state index contributed by atoms with van der Waals surface area (Å²) in [4.78, 5) is 11.4. The van der Waals surface area contributed by atoms with Crippen molar-refractivity contribution < 1.29 is 14.6 Å². The molecule has 0 spiro atoms. The highest BCUT2D eigenvalue weighted by Crippen LogP contribution is 2.24. The number of unbranched alkanes of at least 4 members (excludes halogenated alkanes) is 6. The summed E-state index contributed by atoms with van der Waals surface area (Å²) in [5.74, 6) is -0.586. The number of cyclic esters (lactones) is 1. The maximum Gasteiger partial charge on any atom is 0.311 e. The van der Waals surface area contributed by atoms with Crippen molar-refractivity contribution in [2.45, 2.75) is 83.8 Å². The van der Waals surface area contributed by atoms with Crippen molar-refractivity contribution >= 4 is 5.97 Å². The molecule has 1 saturated heterocycles. The first-order valence-corrected chi connectivity index (χ1v) is 7.53. The zero-order chi connectivity index (χ0) is 13.4. The van der Waals surface area contributed by atoms with Crippen LogP contribution in [0.25, 0.3) is 0 Å². The summed E-state index contributed by atoms with van der Waals surface area (Å²) in [6.07, 6.45) is 9.82. The molecule has 0 aromatic heterocycles. The normalized spacial score (nSPS) is 28.2. The van der Waals surface area contributed by atoms with Crippen LogP contribution in [0.2, 0.25) is 0 Å². The Labute approximate surface area is 111 Å². The van der Waals surface area contributed by atoms with Crippen LogP contribution in [-0.2, 0) is 9.53 Å². The average molecular weight is 256 g/mol. The van der Waals surface area contributed by atoms with Gasteiger partial charge in [0.1, 0.15) is 6.10 Å². The number of aliphatic hydroxyl groups excluding tert-OH is 1. The molecule has 1 N–H and O–H groups in total. The maximum atomic E-state index is 11.4. The topological polar surface area (TPSA) is 46.5 Å². The molecular weight excluding hydrogens is 228 g/mol. The first kappa shape index (κ1) is 15.5. The van der Waals surface area contributed by atoms with Crippen LogP contribution >= 0.6 is 0 Å². The predicted octanol–water partition coefficient (Wildman–Crippen LogP) is 3.44. The molecule has 0 radical (unpaired) electrons. The quantitative estimate of drug-likeness (QED) is 0.534. The third-order valence-electron chi connectivity index (χ3n) is 3.87. The van der Waals surface area contributed by atoms with Crippen LogP contribution in [0.1, 0.15) is 71.6 Å². The molecule has 18 heavy (non-hydrogen) atoms. The van der Waals surface area contributed by atoms with Crippen LogP contribution in [0.4, 0.5) is 0 Å². The van der Waals surface area contributed by atoms with E-state index in [4.69, 9.17) is 4.74 Å². The Kier molecular flexibility index (Phi) is 7.33. The summed E-state index contributed by atoms with van der Waals surface area (Å²) in [6, 6.07) is 0. The van der Waals surface area contributed by atoms with Crippen molar-refractivity contribution in [1.29, 1.82) is 0 Å². The zero-order valence-corrected chi connectivity index (χ0v) is 11.9. The fraction of sp³-hybridized carbons (Fsp3) is 0.933. The Hall–Kier alpha value is -0.570. The Bertz CT molecular complexity index is 240. The lowest BCUT2D eigenvalue weighted by Crippen LogP contribution is -2.39. The standard InChI is InChI=1S/C15H28O3/c1-3-4-5-6-7-8-9-10-13-11-14(16)12(2)15(17)18-13/h12-14,16H,3-11H2,1-2H3/t12-,13-,14+/m0/s1. The second kappa shape index (κ2) is 8.52. The summed E-state index contributed by atoms with van der Waals surface area (Å²) in [5, 5.41) is 9.72.